The first-order valence-corrected chi connectivity index (χ1v) is 10.1. The molecule has 0 bridgehead atoms. The minimum atomic E-state index is -0.428. The van der Waals surface area contributed by atoms with Crippen LogP contribution in [0.3, 0.4) is 0 Å². The summed E-state index contributed by atoms with van der Waals surface area (Å²) in [5.74, 6) is 0.286. The smallest absolute Gasteiger partial charge is 0.274 e. The first kappa shape index (κ1) is 20.5. The molecule has 0 fully saturated rings. The molecule has 1 heterocycles. The summed E-state index contributed by atoms with van der Waals surface area (Å²) in [7, 11) is 0. The first-order chi connectivity index (χ1) is 13.5. The summed E-state index contributed by atoms with van der Waals surface area (Å²) < 4.78 is 7.65. The van der Waals surface area contributed by atoms with E-state index in [0.717, 1.165) is 20.1 Å². The maximum atomic E-state index is 12.0. The van der Waals surface area contributed by atoms with Gasteiger partial charge in [-0.05, 0) is 69.5 Å². The molecule has 0 aliphatic rings. The maximum absolute atomic E-state index is 12.0. The number of halogens is 3. The van der Waals surface area contributed by atoms with Crippen molar-refractivity contribution in [2.24, 2.45) is 5.10 Å². The quantitative estimate of drug-likeness (QED) is 0.260. The predicted octanol–water partition coefficient (Wildman–Crippen LogP) is 5.60. The number of carbonyl (C=O) groups is 1. The fraction of sp³-hybridized carbons (Fsp3) is 0.0500. The van der Waals surface area contributed by atoms with Gasteiger partial charge in [0.05, 0.1) is 16.3 Å². The molecule has 0 saturated carbocycles. The summed E-state index contributed by atoms with van der Waals surface area (Å²) in [5, 5.41) is 4.08. The van der Waals surface area contributed by atoms with Gasteiger partial charge >= 0.3 is 0 Å². The molecule has 0 atom stereocenters. The van der Waals surface area contributed by atoms with E-state index in [9.17, 15) is 4.79 Å². The molecule has 5 nitrogen and oxygen atoms in total. The third-order valence-corrected chi connectivity index (χ3v) is 5.10. The molecule has 0 radical (unpaired) electrons. The van der Waals surface area contributed by atoms with E-state index in [1.54, 1.807) is 12.1 Å². The molecule has 142 valence electrons. The monoisotopic (exact) mass is 521 g/mol. The van der Waals surface area contributed by atoms with Crippen molar-refractivity contribution in [3.8, 4) is 5.75 Å². The molecule has 3 aromatic rings. The summed E-state index contributed by atoms with van der Waals surface area (Å²) in [6, 6.07) is 16.7. The second kappa shape index (κ2) is 9.82. The highest BCUT2D eigenvalue weighted by molar-refractivity contribution is 9.10. The van der Waals surface area contributed by atoms with Crippen LogP contribution >= 0.6 is 43.5 Å². The Bertz CT molecular complexity index is 1010. The van der Waals surface area contributed by atoms with Crippen LogP contribution in [-0.2, 0) is 6.61 Å². The normalized spacial score (nSPS) is 10.8. The number of ether oxygens (including phenoxy) is 1. The summed E-state index contributed by atoms with van der Waals surface area (Å²) in [6.45, 7) is 0.460. The number of benzene rings is 2. The zero-order valence-corrected chi connectivity index (χ0v) is 18.3. The molecule has 1 amide bonds. The summed E-state index contributed by atoms with van der Waals surface area (Å²) in [6.07, 6.45) is 3.05. The van der Waals surface area contributed by atoms with Crippen LogP contribution in [0, 0.1) is 0 Å². The number of aromatic nitrogens is 1. The van der Waals surface area contributed by atoms with Gasteiger partial charge in [0.2, 0.25) is 0 Å². The number of hydrazone groups is 1. The minimum Gasteiger partial charge on any atom is -0.488 e. The number of hydrogen-bond acceptors (Lipinski definition) is 4. The largest absolute Gasteiger partial charge is 0.488 e. The Balaban J connectivity index is 1.59. The highest BCUT2D eigenvalue weighted by atomic mass is 79.9. The number of hydrogen-bond donors (Lipinski definition) is 1. The molecule has 0 aliphatic heterocycles. The lowest BCUT2D eigenvalue weighted by Gasteiger charge is -2.09. The Labute approximate surface area is 184 Å². The lowest BCUT2D eigenvalue weighted by atomic mass is 10.2. The third kappa shape index (κ3) is 5.64. The molecule has 8 heteroatoms. The number of nitrogens with one attached hydrogen (secondary N) is 1. The van der Waals surface area contributed by atoms with Crippen LogP contribution in [0.4, 0.5) is 0 Å². The van der Waals surface area contributed by atoms with Gasteiger partial charge in [-0.25, -0.2) is 10.4 Å². The van der Waals surface area contributed by atoms with Gasteiger partial charge in [-0.1, -0.05) is 39.7 Å². The number of pyridine rings is 1. The van der Waals surface area contributed by atoms with Crippen molar-refractivity contribution in [1.82, 2.24) is 10.4 Å². The van der Waals surface area contributed by atoms with E-state index in [-0.39, 0.29) is 10.7 Å². The Hall–Kier alpha value is -2.22. The Kier molecular flexibility index (Phi) is 7.19. The van der Waals surface area contributed by atoms with Gasteiger partial charge < -0.3 is 4.74 Å². The van der Waals surface area contributed by atoms with Crippen LogP contribution in [0.1, 0.15) is 21.5 Å². The second-order valence-corrected chi connectivity index (χ2v) is 7.77. The van der Waals surface area contributed by atoms with Crippen molar-refractivity contribution in [3.05, 3.63) is 91.6 Å². The van der Waals surface area contributed by atoms with Crippen molar-refractivity contribution in [2.75, 3.05) is 0 Å². The highest BCUT2D eigenvalue weighted by Crippen LogP contribution is 2.26. The van der Waals surface area contributed by atoms with Gasteiger partial charge in [-0.15, -0.1) is 0 Å². The fourth-order valence-corrected chi connectivity index (χ4v) is 3.22. The van der Waals surface area contributed by atoms with Crippen LogP contribution in [0.15, 0.2) is 74.8 Å². The Morgan fingerprint density at radius 3 is 2.68 bits per heavy atom. The molecule has 0 saturated heterocycles. The van der Waals surface area contributed by atoms with E-state index < -0.39 is 5.91 Å². The average molecular weight is 524 g/mol. The molecule has 1 N–H and O–H groups in total. The Morgan fingerprint density at radius 2 is 1.96 bits per heavy atom. The van der Waals surface area contributed by atoms with Crippen LogP contribution < -0.4 is 10.2 Å². The van der Waals surface area contributed by atoms with E-state index in [0.29, 0.717) is 12.4 Å². The van der Waals surface area contributed by atoms with E-state index in [1.807, 2.05) is 42.5 Å². The summed E-state index contributed by atoms with van der Waals surface area (Å²) in [4.78, 5) is 15.9. The standard InChI is InChI=1S/C20H14Br2ClN3O2/c21-15-6-3-13(4-7-15)12-28-18-8-5-14(10-17(18)22)11-25-26-20(27)16-2-1-9-24-19(16)23/h1-11H,12H2,(H,26,27). The van der Waals surface area contributed by atoms with E-state index in [2.05, 4.69) is 47.4 Å². The second-order valence-electron chi connectivity index (χ2n) is 5.65. The molecule has 3 rings (SSSR count). The molecule has 0 spiro atoms. The highest BCUT2D eigenvalue weighted by Gasteiger charge is 2.09. The van der Waals surface area contributed by atoms with Gasteiger partial charge in [0, 0.05) is 10.7 Å². The molecular weight excluding hydrogens is 510 g/mol. The van der Waals surface area contributed by atoms with E-state index >= 15 is 0 Å². The van der Waals surface area contributed by atoms with Crippen molar-refractivity contribution in [2.45, 2.75) is 6.61 Å². The van der Waals surface area contributed by atoms with Crippen molar-refractivity contribution >= 4 is 55.6 Å². The molecule has 28 heavy (non-hydrogen) atoms. The van der Waals surface area contributed by atoms with Gasteiger partial charge in [-0.2, -0.15) is 5.10 Å². The summed E-state index contributed by atoms with van der Waals surface area (Å²) in [5.41, 5.74) is 4.55. The number of nitrogens with zero attached hydrogens (tertiary/aromatic N) is 2. The summed E-state index contributed by atoms with van der Waals surface area (Å²) >= 11 is 12.8. The number of rotatable bonds is 6. The van der Waals surface area contributed by atoms with E-state index in [4.69, 9.17) is 16.3 Å². The number of amides is 1. The topological polar surface area (TPSA) is 63.6 Å². The van der Waals surface area contributed by atoms with Gasteiger partial charge in [0.1, 0.15) is 17.5 Å². The molecule has 0 unspecified atom stereocenters. The predicted molar refractivity (Wildman–Crippen MR) is 117 cm³/mol. The van der Waals surface area contributed by atoms with Crippen molar-refractivity contribution in [3.63, 3.8) is 0 Å². The third-order valence-electron chi connectivity index (χ3n) is 3.65. The number of carbonyl (C=O) groups excluding carboxylic acids is 1. The van der Waals surface area contributed by atoms with Gasteiger partial charge in [0.15, 0.2) is 0 Å². The van der Waals surface area contributed by atoms with E-state index in [1.165, 1.54) is 12.4 Å². The van der Waals surface area contributed by atoms with Crippen LogP contribution in [0.5, 0.6) is 5.75 Å². The first-order valence-electron chi connectivity index (χ1n) is 8.13. The zero-order chi connectivity index (χ0) is 19.9. The minimum absolute atomic E-state index is 0.130. The fourth-order valence-electron chi connectivity index (χ4n) is 2.24. The van der Waals surface area contributed by atoms with Crippen LogP contribution in [0.2, 0.25) is 5.15 Å². The molecule has 0 aliphatic carbocycles. The van der Waals surface area contributed by atoms with Gasteiger partial charge in [0.25, 0.3) is 5.91 Å². The molecular formula is C20H14Br2ClN3O2. The SMILES string of the molecule is O=C(NN=Cc1ccc(OCc2ccc(Br)cc2)c(Br)c1)c1cccnc1Cl. The average Bonchev–Trinajstić information content (AvgIpc) is 2.69. The lowest BCUT2D eigenvalue weighted by molar-refractivity contribution is 0.0955. The van der Waals surface area contributed by atoms with Gasteiger partial charge in [-0.3, -0.25) is 4.79 Å². The van der Waals surface area contributed by atoms with Crippen molar-refractivity contribution in [1.29, 1.82) is 0 Å². The lowest BCUT2D eigenvalue weighted by Crippen LogP contribution is -2.18. The van der Waals surface area contributed by atoms with Crippen LogP contribution in [-0.4, -0.2) is 17.1 Å². The zero-order valence-electron chi connectivity index (χ0n) is 14.4. The van der Waals surface area contributed by atoms with Crippen LogP contribution in [0.25, 0.3) is 0 Å². The molecule has 2 aromatic carbocycles. The maximum Gasteiger partial charge on any atom is 0.274 e. The Morgan fingerprint density at radius 1 is 1.18 bits per heavy atom. The van der Waals surface area contributed by atoms with Crippen molar-refractivity contribution < 1.29 is 9.53 Å². The molecule has 1 aromatic heterocycles.